The lowest BCUT2D eigenvalue weighted by Crippen LogP contribution is -2.08. The summed E-state index contributed by atoms with van der Waals surface area (Å²) < 4.78 is 16.5. The van der Waals surface area contributed by atoms with E-state index in [-0.39, 0.29) is 47.4 Å². The van der Waals surface area contributed by atoms with Crippen molar-refractivity contribution in [2.45, 2.75) is 24.4 Å². The van der Waals surface area contributed by atoms with Gasteiger partial charge in [0.25, 0.3) is 0 Å². The summed E-state index contributed by atoms with van der Waals surface area (Å²) in [5.41, 5.74) is 1.08. The van der Waals surface area contributed by atoms with Gasteiger partial charge in [0, 0.05) is 11.1 Å². The largest absolute Gasteiger partial charge is 0.508 e. The Morgan fingerprint density at radius 1 is 0.720 bits per heavy atom. The van der Waals surface area contributed by atoms with Crippen LogP contribution >= 0.6 is 0 Å². The molecule has 4 atom stereocenters. The average Bonchev–Trinajstić information content (AvgIpc) is 3.49. The molecule has 4 N–H and O–H groups in total. The molecule has 2 aromatic rings. The number of ether oxygens (including phenoxy) is 3. The lowest BCUT2D eigenvalue weighted by atomic mass is 10.1. The molecule has 7 heteroatoms. The van der Waals surface area contributed by atoms with Gasteiger partial charge >= 0.3 is 0 Å². The van der Waals surface area contributed by atoms with Crippen LogP contribution in [0.15, 0.2) is 36.4 Å². The molecule has 0 aliphatic carbocycles. The van der Waals surface area contributed by atoms with Crippen LogP contribution in [0.5, 0.6) is 23.0 Å². The van der Waals surface area contributed by atoms with Crippen LogP contribution in [0.25, 0.3) is 0 Å². The summed E-state index contributed by atoms with van der Waals surface area (Å²) in [6.45, 7) is 0.663. The SMILES string of the molecule is Oc1ccc(O)c(C2OC2COCC2OC2c2cc(O)ccc2O)c1. The van der Waals surface area contributed by atoms with Gasteiger partial charge in [-0.25, -0.2) is 0 Å². The van der Waals surface area contributed by atoms with E-state index >= 15 is 0 Å². The van der Waals surface area contributed by atoms with Gasteiger partial charge in [-0.05, 0) is 36.4 Å². The van der Waals surface area contributed by atoms with Crippen molar-refractivity contribution in [1.82, 2.24) is 0 Å². The van der Waals surface area contributed by atoms with E-state index in [9.17, 15) is 20.4 Å². The van der Waals surface area contributed by atoms with Gasteiger partial charge < -0.3 is 34.6 Å². The highest BCUT2D eigenvalue weighted by molar-refractivity contribution is 5.43. The Morgan fingerprint density at radius 2 is 1.16 bits per heavy atom. The average molecular weight is 346 g/mol. The molecule has 2 saturated heterocycles. The Bertz CT molecular complexity index is 725. The van der Waals surface area contributed by atoms with Gasteiger partial charge in [-0.1, -0.05) is 0 Å². The van der Waals surface area contributed by atoms with Crippen LogP contribution in [0.1, 0.15) is 23.3 Å². The van der Waals surface area contributed by atoms with Crippen LogP contribution in [-0.4, -0.2) is 45.8 Å². The minimum Gasteiger partial charge on any atom is -0.508 e. The lowest BCUT2D eigenvalue weighted by Gasteiger charge is -2.03. The molecule has 0 radical (unpaired) electrons. The van der Waals surface area contributed by atoms with Crippen LogP contribution in [0.4, 0.5) is 0 Å². The molecule has 2 aliphatic heterocycles. The minimum absolute atomic E-state index is 0.0723. The van der Waals surface area contributed by atoms with E-state index in [1.54, 1.807) is 0 Å². The normalized spacial score (nSPS) is 27.2. The zero-order valence-electron chi connectivity index (χ0n) is 13.2. The molecule has 0 amide bonds. The molecule has 0 aromatic heterocycles. The molecular formula is C18H18O7. The first-order chi connectivity index (χ1) is 12.0. The molecule has 25 heavy (non-hydrogen) atoms. The maximum atomic E-state index is 9.80. The van der Waals surface area contributed by atoms with Gasteiger partial charge in [-0.15, -0.1) is 0 Å². The summed E-state index contributed by atoms with van der Waals surface area (Å²) in [7, 11) is 0. The molecule has 2 aromatic carbocycles. The molecular weight excluding hydrogens is 328 g/mol. The Labute approximate surface area is 143 Å². The Kier molecular flexibility index (Phi) is 3.91. The fourth-order valence-corrected chi connectivity index (χ4v) is 2.93. The fraction of sp³-hybridized carbons (Fsp3) is 0.333. The number of hydrogen-bond acceptors (Lipinski definition) is 7. The van der Waals surface area contributed by atoms with Gasteiger partial charge in [0.15, 0.2) is 0 Å². The van der Waals surface area contributed by atoms with Gasteiger partial charge in [0.1, 0.15) is 47.4 Å². The van der Waals surface area contributed by atoms with E-state index in [2.05, 4.69) is 0 Å². The van der Waals surface area contributed by atoms with Crippen molar-refractivity contribution >= 4 is 0 Å². The third-order valence-corrected chi connectivity index (χ3v) is 4.36. The predicted molar refractivity (Wildman–Crippen MR) is 85.6 cm³/mol. The van der Waals surface area contributed by atoms with Crippen LogP contribution in [0.3, 0.4) is 0 Å². The zero-order chi connectivity index (χ0) is 17.6. The van der Waals surface area contributed by atoms with Crippen LogP contribution in [-0.2, 0) is 14.2 Å². The van der Waals surface area contributed by atoms with Crippen molar-refractivity contribution in [3.63, 3.8) is 0 Å². The maximum Gasteiger partial charge on any atom is 0.121 e. The first kappa shape index (κ1) is 16.0. The number of benzene rings is 2. The van der Waals surface area contributed by atoms with Gasteiger partial charge in [-0.2, -0.15) is 0 Å². The third-order valence-electron chi connectivity index (χ3n) is 4.36. The summed E-state index contributed by atoms with van der Waals surface area (Å²) in [4.78, 5) is 0. The van der Waals surface area contributed by atoms with Crippen molar-refractivity contribution in [2.75, 3.05) is 13.2 Å². The smallest absolute Gasteiger partial charge is 0.121 e. The number of epoxide rings is 2. The number of hydrogen-bond donors (Lipinski definition) is 4. The second kappa shape index (κ2) is 6.11. The molecule has 4 unspecified atom stereocenters. The van der Waals surface area contributed by atoms with E-state index < -0.39 is 0 Å². The highest BCUT2D eigenvalue weighted by Crippen LogP contribution is 2.45. The second-order valence-corrected chi connectivity index (χ2v) is 6.21. The van der Waals surface area contributed by atoms with Crippen molar-refractivity contribution in [1.29, 1.82) is 0 Å². The first-order valence-electron chi connectivity index (χ1n) is 7.95. The Morgan fingerprint density at radius 3 is 1.60 bits per heavy atom. The topological polar surface area (TPSA) is 115 Å². The third kappa shape index (κ3) is 3.34. The number of rotatable bonds is 6. The second-order valence-electron chi connectivity index (χ2n) is 6.21. The minimum atomic E-state index is -0.293. The summed E-state index contributed by atoms with van der Waals surface area (Å²) in [6.07, 6.45) is -0.950. The van der Waals surface area contributed by atoms with Crippen LogP contribution in [0, 0.1) is 0 Å². The summed E-state index contributed by atoms with van der Waals surface area (Å²) >= 11 is 0. The molecule has 2 aliphatic rings. The first-order valence-corrected chi connectivity index (χ1v) is 7.95. The monoisotopic (exact) mass is 346 g/mol. The molecule has 0 spiro atoms. The summed E-state index contributed by atoms with van der Waals surface area (Å²) in [5, 5.41) is 38.6. The van der Waals surface area contributed by atoms with E-state index in [0.717, 1.165) is 0 Å². The van der Waals surface area contributed by atoms with E-state index in [4.69, 9.17) is 14.2 Å². The van der Waals surface area contributed by atoms with Crippen LogP contribution in [0.2, 0.25) is 0 Å². The van der Waals surface area contributed by atoms with Crippen molar-refractivity contribution < 1.29 is 34.6 Å². The molecule has 4 rings (SSSR count). The summed E-state index contributed by atoms with van der Waals surface area (Å²) in [6, 6.07) is 8.63. The maximum absolute atomic E-state index is 9.80. The van der Waals surface area contributed by atoms with Crippen molar-refractivity contribution in [3.8, 4) is 23.0 Å². The summed E-state index contributed by atoms with van der Waals surface area (Å²) in [5.74, 6) is 0.303. The molecule has 7 nitrogen and oxygen atoms in total. The number of phenolic OH excluding ortho intramolecular Hbond substituents is 4. The van der Waals surface area contributed by atoms with E-state index in [1.165, 1.54) is 36.4 Å². The van der Waals surface area contributed by atoms with E-state index in [1.807, 2.05) is 0 Å². The van der Waals surface area contributed by atoms with Gasteiger partial charge in [0.05, 0.1) is 13.2 Å². The zero-order valence-corrected chi connectivity index (χ0v) is 13.2. The lowest BCUT2D eigenvalue weighted by molar-refractivity contribution is 0.102. The standard InChI is InChI=1S/C18H18O7/c19-9-1-3-13(21)11(5-9)17-15(24-17)7-23-8-16-18(25-16)12-6-10(20)2-4-14(12)22/h1-6,15-22H,7-8H2. The van der Waals surface area contributed by atoms with Crippen molar-refractivity contribution in [3.05, 3.63) is 47.5 Å². The number of phenols is 4. The highest BCUT2D eigenvalue weighted by Gasteiger charge is 2.45. The van der Waals surface area contributed by atoms with Gasteiger partial charge in [0.2, 0.25) is 0 Å². The number of aromatic hydroxyl groups is 4. The molecule has 0 bridgehead atoms. The molecule has 132 valence electrons. The van der Waals surface area contributed by atoms with Gasteiger partial charge in [-0.3, -0.25) is 0 Å². The van der Waals surface area contributed by atoms with E-state index in [0.29, 0.717) is 24.3 Å². The fourth-order valence-electron chi connectivity index (χ4n) is 2.93. The highest BCUT2D eigenvalue weighted by atomic mass is 16.6. The molecule has 0 saturated carbocycles. The molecule has 2 heterocycles. The molecule has 2 fully saturated rings. The predicted octanol–water partition coefficient (Wildman–Crippen LogP) is 2.11. The van der Waals surface area contributed by atoms with Crippen LogP contribution < -0.4 is 0 Å². The quantitative estimate of drug-likeness (QED) is 0.468. The van der Waals surface area contributed by atoms with Crippen molar-refractivity contribution in [2.24, 2.45) is 0 Å². The Hall–Kier alpha value is -2.48. The Balaban J connectivity index is 1.25.